The van der Waals surface area contributed by atoms with Crippen molar-refractivity contribution >= 4 is 5.97 Å². The quantitative estimate of drug-likeness (QED) is 0.727. The van der Waals surface area contributed by atoms with Gasteiger partial charge in [-0.3, -0.25) is 4.79 Å². The molecule has 0 aromatic carbocycles. The number of hydrogen-bond donors (Lipinski definition) is 1. The van der Waals surface area contributed by atoms with E-state index in [9.17, 15) is 9.90 Å². The zero-order valence-corrected chi connectivity index (χ0v) is 11.5. The van der Waals surface area contributed by atoms with E-state index in [-0.39, 0.29) is 0 Å². The van der Waals surface area contributed by atoms with Gasteiger partial charge in [-0.05, 0) is 50.4 Å². The molecule has 0 saturated heterocycles. The number of carboxylic acid groups (broad SMARTS) is 1. The molecular formula is C15H26O2. The molecule has 2 nitrogen and oxygen atoms in total. The molecule has 98 valence electrons. The number of rotatable bonds is 5. The predicted octanol–water partition coefficient (Wildman–Crippen LogP) is 4.26. The first-order valence-corrected chi connectivity index (χ1v) is 6.81. The fourth-order valence-corrected chi connectivity index (χ4v) is 2.93. The van der Waals surface area contributed by atoms with Gasteiger partial charge in [0.2, 0.25) is 0 Å². The van der Waals surface area contributed by atoms with Crippen LogP contribution in [0.1, 0.15) is 59.3 Å². The van der Waals surface area contributed by atoms with E-state index in [2.05, 4.69) is 27.4 Å². The molecule has 0 unspecified atom stereocenters. The first kappa shape index (κ1) is 14.3. The van der Waals surface area contributed by atoms with E-state index < -0.39 is 11.4 Å². The van der Waals surface area contributed by atoms with Gasteiger partial charge in [0.25, 0.3) is 0 Å². The van der Waals surface area contributed by atoms with Gasteiger partial charge in [-0.2, -0.15) is 0 Å². The van der Waals surface area contributed by atoms with Gasteiger partial charge in [-0.25, -0.2) is 0 Å². The fraction of sp³-hybridized carbons (Fsp3) is 0.800. The Hall–Kier alpha value is -0.790. The van der Waals surface area contributed by atoms with Gasteiger partial charge >= 0.3 is 5.97 Å². The Balaban J connectivity index is 2.70. The minimum Gasteiger partial charge on any atom is -0.481 e. The van der Waals surface area contributed by atoms with E-state index in [4.69, 9.17) is 0 Å². The maximum absolute atomic E-state index is 11.6. The van der Waals surface area contributed by atoms with Crippen molar-refractivity contribution in [1.82, 2.24) is 0 Å². The Bertz CT molecular complexity index is 283. The topological polar surface area (TPSA) is 37.3 Å². The molecule has 1 saturated carbocycles. The maximum atomic E-state index is 11.6. The lowest BCUT2D eigenvalue weighted by Gasteiger charge is -2.38. The normalized spacial score (nSPS) is 29.3. The highest BCUT2D eigenvalue weighted by molar-refractivity contribution is 5.75. The summed E-state index contributed by atoms with van der Waals surface area (Å²) in [6.07, 6.45) is 5.32. The first-order valence-electron chi connectivity index (χ1n) is 6.81. The summed E-state index contributed by atoms with van der Waals surface area (Å²) in [6.45, 7) is 10.5. The summed E-state index contributed by atoms with van der Waals surface area (Å²) < 4.78 is 0. The van der Waals surface area contributed by atoms with Crippen LogP contribution in [0.3, 0.4) is 0 Å². The van der Waals surface area contributed by atoms with Crippen LogP contribution in [0, 0.1) is 17.3 Å². The zero-order valence-electron chi connectivity index (χ0n) is 11.5. The Morgan fingerprint density at radius 3 is 2.29 bits per heavy atom. The van der Waals surface area contributed by atoms with Crippen molar-refractivity contribution in [2.45, 2.75) is 59.3 Å². The van der Waals surface area contributed by atoms with Crippen molar-refractivity contribution in [2.24, 2.45) is 17.3 Å². The maximum Gasteiger partial charge on any atom is 0.309 e. The van der Waals surface area contributed by atoms with Gasteiger partial charge < -0.3 is 5.11 Å². The van der Waals surface area contributed by atoms with Crippen LogP contribution in [0.2, 0.25) is 0 Å². The molecule has 0 bridgehead atoms. The van der Waals surface area contributed by atoms with Crippen molar-refractivity contribution in [1.29, 1.82) is 0 Å². The van der Waals surface area contributed by atoms with E-state index in [0.29, 0.717) is 18.3 Å². The van der Waals surface area contributed by atoms with E-state index in [1.165, 1.54) is 0 Å². The van der Waals surface area contributed by atoms with Crippen LogP contribution in [0.5, 0.6) is 0 Å². The molecule has 0 radical (unpaired) electrons. The molecular weight excluding hydrogens is 212 g/mol. The highest BCUT2D eigenvalue weighted by atomic mass is 16.4. The van der Waals surface area contributed by atoms with Gasteiger partial charge in [0.05, 0.1) is 5.41 Å². The zero-order chi connectivity index (χ0) is 13.1. The SMILES string of the molecule is C=C(CC)CC1(C(=O)O)CCC(C(C)C)CC1. The summed E-state index contributed by atoms with van der Waals surface area (Å²) >= 11 is 0. The van der Waals surface area contributed by atoms with E-state index in [0.717, 1.165) is 37.7 Å². The van der Waals surface area contributed by atoms with E-state index in [1.54, 1.807) is 0 Å². The largest absolute Gasteiger partial charge is 0.481 e. The average molecular weight is 238 g/mol. The van der Waals surface area contributed by atoms with Gasteiger partial charge in [-0.1, -0.05) is 32.9 Å². The molecule has 1 fully saturated rings. The fourth-order valence-electron chi connectivity index (χ4n) is 2.93. The highest BCUT2D eigenvalue weighted by Crippen LogP contribution is 2.45. The van der Waals surface area contributed by atoms with Crippen LogP contribution in [-0.4, -0.2) is 11.1 Å². The third-order valence-corrected chi connectivity index (χ3v) is 4.47. The lowest BCUT2D eigenvalue weighted by molar-refractivity contribution is -0.151. The Labute approximate surface area is 105 Å². The number of hydrogen-bond acceptors (Lipinski definition) is 1. The molecule has 17 heavy (non-hydrogen) atoms. The molecule has 0 atom stereocenters. The molecule has 1 rings (SSSR count). The number of allylic oxidation sites excluding steroid dienone is 1. The Morgan fingerprint density at radius 1 is 1.41 bits per heavy atom. The van der Waals surface area contributed by atoms with Crippen LogP contribution >= 0.6 is 0 Å². The van der Waals surface area contributed by atoms with Gasteiger partial charge in [0.15, 0.2) is 0 Å². The predicted molar refractivity (Wildman–Crippen MR) is 70.9 cm³/mol. The number of carbonyl (C=O) groups is 1. The molecule has 0 aliphatic heterocycles. The van der Waals surface area contributed by atoms with Gasteiger partial charge in [0.1, 0.15) is 0 Å². The van der Waals surface area contributed by atoms with Crippen molar-refractivity contribution < 1.29 is 9.90 Å². The molecule has 0 aromatic heterocycles. The first-order chi connectivity index (χ1) is 7.91. The smallest absolute Gasteiger partial charge is 0.309 e. The third-order valence-electron chi connectivity index (χ3n) is 4.47. The van der Waals surface area contributed by atoms with Crippen LogP contribution in [0.25, 0.3) is 0 Å². The molecule has 2 heteroatoms. The van der Waals surface area contributed by atoms with Crippen LogP contribution in [0.15, 0.2) is 12.2 Å². The summed E-state index contributed by atoms with van der Waals surface area (Å²) in [4.78, 5) is 11.6. The lowest BCUT2D eigenvalue weighted by atomic mass is 9.65. The molecule has 0 amide bonds. The van der Waals surface area contributed by atoms with Crippen molar-refractivity contribution in [3.8, 4) is 0 Å². The van der Waals surface area contributed by atoms with Crippen LogP contribution in [0.4, 0.5) is 0 Å². The number of carboxylic acids is 1. The highest BCUT2D eigenvalue weighted by Gasteiger charge is 2.42. The average Bonchev–Trinajstić information content (AvgIpc) is 2.29. The van der Waals surface area contributed by atoms with E-state index in [1.807, 2.05) is 0 Å². The summed E-state index contributed by atoms with van der Waals surface area (Å²) in [6, 6.07) is 0. The van der Waals surface area contributed by atoms with Gasteiger partial charge in [0, 0.05) is 0 Å². The second-order valence-electron chi connectivity index (χ2n) is 5.95. The van der Waals surface area contributed by atoms with Crippen molar-refractivity contribution in [2.75, 3.05) is 0 Å². The minimum atomic E-state index is -0.616. The minimum absolute atomic E-state index is 0.515. The molecule has 0 aromatic rings. The van der Waals surface area contributed by atoms with Gasteiger partial charge in [-0.15, -0.1) is 0 Å². The summed E-state index contributed by atoms with van der Waals surface area (Å²) in [5.74, 6) is 0.767. The monoisotopic (exact) mass is 238 g/mol. The van der Waals surface area contributed by atoms with Crippen LogP contribution < -0.4 is 0 Å². The second-order valence-corrected chi connectivity index (χ2v) is 5.95. The number of aliphatic carboxylic acids is 1. The summed E-state index contributed by atoms with van der Waals surface area (Å²) in [5.41, 5.74) is 0.564. The molecule has 0 spiro atoms. The standard InChI is InChI=1S/C15H26O2/c1-5-12(4)10-15(14(16)17)8-6-13(7-9-15)11(2)3/h11,13H,4-10H2,1-3H3,(H,16,17). The molecule has 1 aliphatic rings. The van der Waals surface area contributed by atoms with Crippen molar-refractivity contribution in [3.63, 3.8) is 0 Å². The third kappa shape index (κ3) is 3.34. The Kier molecular flexibility index (Phi) is 4.79. The second kappa shape index (κ2) is 5.70. The molecule has 1 aliphatic carbocycles. The van der Waals surface area contributed by atoms with Crippen LogP contribution in [-0.2, 0) is 4.79 Å². The molecule has 0 heterocycles. The molecule has 1 N–H and O–H groups in total. The summed E-state index contributed by atoms with van der Waals surface area (Å²) in [7, 11) is 0. The summed E-state index contributed by atoms with van der Waals surface area (Å²) in [5, 5.41) is 9.52. The van der Waals surface area contributed by atoms with Crippen molar-refractivity contribution in [3.05, 3.63) is 12.2 Å². The lowest BCUT2D eigenvalue weighted by Crippen LogP contribution is -2.36. The Morgan fingerprint density at radius 2 is 1.94 bits per heavy atom. The van der Waals surface area contributed by atoms with E-state index >= 15 is 0 Å².